The van der Waals surface area contributed by atoms with Gasteiger partial charge in [-0.3, -0.25) is 9.59 Å². The summed E-state index contributed by atoms with van der Waals surface area (Å²) in [5.41, 5.74) is -14.9. The second kappa shape index (κ2) is 7.32. The SMILES string of the molecule is O=C(C(F)(F)C(F)(C(=O)C(F)(F)C(F)(F)C(F)(F)F)C(F)(F)F)C(F)(CO)C(F)(F)F. The molecule has 31 heavy (non-hydrogen) atoms. The van der Waals surface area contributed by atoms with Gasteiger partial charge in [0.1, 0.15) is 0 Å². The monoisotopic (exact) mass is 506 g/mol. The molecule has 2 atom stereocenters. The summed E-state index contributed by atoms with van der Waals surface area (Å²) >= 11 is 0. The lowest BCUT2D eigenvalue weighted by molar-refractivity contribution is -0.354. The Balaban J connectivity index is 7.12. The van der Waals surface area contributed by atoms with E-state index < -0.39 is 65.8 Å². The highest BCUT2D eigenvalue weighted by molar-refractivity contribution is 6.05. The van der Waals surface area contributed by atoms with E-state index in [1.807, 2.05) is 0 Å². The predicted octanol–water partition coefficient (Wildman–Crippen LogP) is 4.13. The molecule has 0 aromatic heterocycles. The van der Waals surface area contributed by atoms with Gasteiger partial charge in [-0.1, -0.05) is 0 Å². The molecule has 3 nitrogen and oxygen atoms in total. The minimum Gasteiger partial charge on any atom is -0.392 e. The van der Waals surface area contributed by atoms with Gasteiger partial charge in [0.15, 0.2) is 0 Å². The third-order valence-corrected chi connectivity index (χ3v) is 3.48. The van der Waals surface area contributed by atoms with Gasteiger partial charge in [-0.2, -0.15) is 65.9 Å². The van der Waals surface area contributed by atoms with Crippen molar-refractivity contribution in [2.75, 3.05) is 6.61 Å². The first-order chi connectivity index (χ1) is 13.1. The Morgan fingerprint density at radius 3 is 1.10 bits per heavy atom. The molecule has 0 fully saturated rings. The van der Waals surface area contributed by atoms with E-state index in [4.69, 9.17) is 5.11 Å². The van der Waals surface area contributed by atoms with Crippen molar-refractivity contribution >= 4 is 11.6 Å². The molecule has 0 heterocycles. The van der Waals surface area contributed by atoms with Gasteiger partial charge in [0, 0.05) is 0 Å². The highest BCUT2D eigenvalue weighted by Crippen LogP contribution is 2.56. The zero-order chi connectivity index (χ0) is 25.9. The highest BCUT2D eigenvalue weighted by atomic mass is 19.4. The lowest BCUT2D eigenvalue weighted by Crippen LogP contribution is -2.74. The fraction of sp³-hybridized carbons (Fsp3) is 0.818. The molecule has 0 saturated carbocycles. The van der Waals surface area contributed by atoms with Crippen molar-refractivity contribution in [1.29, 1.82) is 0 Å². The summed E-state index contributed by atoms with van der Waals surface area (Å²) in [5.74, 6) is -35.1. The Labute approximate surface area is 156 Å². The summed E-state index contributed by atoms with van der Waals surface area (Å²) in [5, 5.41) is 8.10. The molecule has 0 aromatic rings. The van der Waals surface area contributed by atoms with Gasteiger partial charge < -0.3 is 5.11 Å². The van der Waals surface area contributed by atoms with Gasteiger partial charge in [0.25, 0.3) is 17.2 Å². The number of ketones is 2. The van der Waals surface area contributed by atoms with E-state index in [-0.39, 0.29) is 0 Å². The second-order valence-corrected chi connectivity index (χ2v) is 5.49. The summed E-state index contributed by atoms with van der Waals surface area (Å²) in [6.45, 7) is -3.57. The molecule has 184 valence electrons. The number of Topliss-reactive ketones (excluding diaryl/α,β-unsaturated/α-hetero) is 2. The first kappa shape index (κ1) is 29.1. The molecule has 0 aliphatic carbocycles. The first-order valence-electron chi connectivity index (χ1n) is 6.54. The van der Waals surface area contributed by atoms with Crippen LogP contribution in [0.5, 0.6) is 0 Å². The van der Waals surface area contributed by atoms with Gasteiger partial charge in [-0.25, -0.2) is 8.78 Å². The van der Waals surface area contributed by atoms with E-state index in [1.54, 1.807) is 0 Å². The molecule has 1 N–H and O–H groups in total. The average molecular weight is 506 g/mol. The molecular weight excluding hydrogens is 503 g/mol. The maximum Gasteiger partial charge on any atom is 0.460 e. The van der Waals surface area contributed by atoms with Gasteiger partial charge in [0.2, 0.25) is 0 Å². The molecule has 0 aromatic carbocycles. The van der Waals surface area contributed by atoms with Crippen molar-refractivity contribution < 1.29 is 89.3 Å². The maximum absolute atomic E-state index is 13.9. The van der Waals surface area contributed by atoms with E-state index in [9.17, 15) is 84.2 Å². The second-order valence-electron chi connectivity index (χ2n) is 5.49. The Morgan fingerprint density at radius 1 is 0.516 bits per heavy atom. The van der Waals surface area contributed by atoms with Gasteiger partial charge in [-0.15, -0.1) is 0 Å². The van der Waals surface area contributed by atoms with Crippen LogP contribution in [0.1, 0.15) is 0 Å². The molecule has 0 spiro atoms. The van der Waals surface area contributed by atoms with Crippen LogP contribution >= 0.6 is 0 Å². The van der Waals surface area contributed by atoms with Crippen LogP contribution in [0.25, 0.3) is 0 Å². The Morgan fingerprint density at radius 2 is 0.871 bits per heavy atom. The van der Waals surface area contributed by atoms with Crippen molar-refractivity contribution in [3.63, 3.8) is 0 Å². The number of aliphatic hydroxyl groups excluding tert-OH is 1. The molecule has 2 unspecified atom stereocenters. The molecule has 0 aliphatic rings. The molecule has 20 heteroatoms. The summed E-state index contributed by atoms with van der Waals surface area (Å²) < 4.78 is 217. The van der Waals surface area contributed by atoms with Crippen molar-refractivity contribution in [1.82, 2.24) is 0 Å². The number of aliphatic hydroxyl groups is 1. The summed E-state index contributed by atoms with van der Waals surface area (Å²) in [6.07, 6.45) is -23.0. The molecule has 0 aliphatic heterocycles. The largest absolute Gasteiger partial charge is 0.460 e. The number of hydrogen-bond donors (Lipinski definition) is 1. The van der Waals surface area contributed by atoms with E-state index in [0.717, 1.165) is 0 Å². The minimum absolute atomic E-state index is 3.57. The summed E-state index contributed by atoms with van der Waals surface area (Å²) in [6, 6.07) is 0. The van der Waals surface area contributed by atoms with Crippen LogP contribution in [0, 0.1) is 0 Å². The minimum atomic E-state index is -8.26. The van der Waals surface area contributed by atoms with Crippen LogP contribution in [-0.4, -0.2) is 70.9 Å². The number of carbonyl (C=O) groups excluding carboxylic acids is 2. The molecule has 0 radical (unpaired) electrons. The van der Waals surface area contributed by atoms with E-state index in [2.05, 4.69) is 0 Å². The Bertz CT molecular complexity index is 716. The van der Waals surface area contributed by atoms with E-state index in [1.165, 1.54) is 0 Å². The molecule has 0 amide bonds. The Hall–Kier alpha value is -1.89. The van der Waals surface area contributed by atoms with Crippen LogP contribution in [0.4, 0.5) is 74.6 Å². The van der Waals surface area contributed by atoms with Gasteiger partial charge in [0.05, 0.1) is 6.61 Å². The average Bonchev–Trinajstić information content (AvgIpc) is 2.55. The quantitative estimate of drug-likeness (QED) is 0.529. The van der Waals surface area contributed by atoms with Crippen molar-refractivity contribution in [2.45, 2.75) is 47.6 Å². The first-order valence-corrected chi connectivity index (χ1v) is 6.54. The van der Waals surface area contributed by atoms with Crippen LogP contribution in [0.2, 0.25) is 0 Å². The fourth-order valence-electron chi connectivity index (χ4n) is 1.68. The number of carbonyl (C=O) groups is 2. The Kier molecular flexibility index (Phi) is 6.88. The van der Waals surface area contributed by atoms with Crippen LogP contribution < -0.4 is 0 Å². The van der Waals surface area contributed by atoms with Crippen molar-refractivity contribution in [2.24, 2.45) is 0 Å². The molecular formula is C11H3F17O3. The third kappa shape index (κ3) is 3.90. The van der Waals surface area contributed by atoms with Gasteiger partial charge >= 0.3 is 42.0 Å². The van der Waals surface area contributed by atoms with Crippen LogP contribution in [-0.2, 0) is 9.59 Å². The van der Waals surface area contributed by atoms with Crippen LogP contribution in [0.15, 0.2) is 0 Å². The smallest absolute Gasteiger partial charge is 0.392 e. The predicted molar refractivity (Wildman–Crippen MR) is 57.8 cm³/mol. The maximum atomic E-state index is 13.9. The molecule has 0 bridgehead atoms. The van der Waals surface area contributed by atoms with Crippen molar-refractivity contribution in [3.8, 4) is 0 Å². The number of alkyl halides is 17. The standard InChI is InChI=1S/C11H3F17O3/c12-4(1-29,9(20,21)22)2(30)6(14,15)5(13,10(23,24)25)3(31)7(16,17)8(18,19)11(26,27)28/h29H,1H2. The van der Waals surface area contributed by atoms with Gasteiger partial charge in [-0.05, 0) is 0 Å². The zero-order valence-corrected chi connectivity index (χ0v) is 13.4. The normalized spacial score (nSPS) is 18.9. The van der Waals surface area contributed by atoms with Crippen molar-refractivity contribution in [3.05, 3.63) is 0 Å². The number of hydrogen-bond acceptors (Lipinski definition) is 3. The van der Waals surface area contributed by atoms with Crippen LogP contribution in [0.3, 0.4) is 0 Å². The lowest BCUT2D eigenvalue weighted by atomic mass is 9.80. The highest BCUT2D eigenvalue weighted by Gasteiger charge is 2.89. The van der Waals surface area contributed by atoms with E-state index >= 15 is 0 Å². The topological polar surface area (TPSA) is 54.4 Å². The zero-order valence-electron chi connectivity index (χ0n) is 13.4. The summed E-state index contributed by atoms with van der Waals surface area (Å²) in [7, 11) is 0. The summed E-state index contributed by atoms with van der Waals surface area (Å²) in [4.78, 5) is 21.9. The third-order valence-electron chi connectivity index (χ3n) is 3.48. The number of rotatable bonds is 7. The molecule has 0 saturated heterocycles. The lowest BCUT2D eigenvalue weighted by Gasteiger charge is -2.38. The molecule has 0 rings (SSSR count). The van der Waals surface area contributed by atoms with E-state index in [0.29, 0.717) is 0 Å². The number of halogens is 17. The fourth-order valence-corrected chi connectivity index (χ4v) is 1.68.